The smallest absolute Gasteiger partial charge is 0.411 e. The highest BCUT2D eigenvalue weighted by molar-refractivity contribution is 6.30. The van der Waals surface area contributed by atoms with Crippen molar-refractivity contribution in [2.24, 2.45) is 5.92 Å². The van der Waals surface area contributed by atoms with Gasteiger partial charge in [-0.2, -0.15) is 0 Å². The third-order valence-electron chi connectivity index (χ3n) is 3.81. The number of nitrogens with zero attached hydrogens (tertiary/aromatic N) is 1. The molecule has 0 aliphatic carbocycles. The van der Waals surface area contributed by atoms with Crippen LogP contribution in [-0.2, 0) is 16.0 Å². The van der Waals surface area contributed by atoms with Crippen LogP contribution in [0, 0.1) is 11.7 Å². The average molecular weight is 358 g/mol. The fourth-order valence-electron chi connectivity index (χ4n) is 2.83. The van der Waals surface area contributed by atoms with Crippen molar-refractivity contribution in [2.45, 2.75) is 45.3 Å². The molecule has 1 aliphatic heterocycles. The van der Waals surface area contributed by atoms with Crippen molar-refractivity contribution in [2.75, 3.05) is 6.54 Å². The van der Waals surface area contributed by atoms with Gasteiger partial charge < -0.3 is 9.84 Å². The number of hydrogen-bond donors (Lipinski definition) is 1. The van der Waals surface area contributed by atoms with Gasteiger partial charge in [0.1, 0.15) is 17.5 Å². The van der Waals surface area contributed by atoms with Crippen LogP contribution in [0.4, 0.5) is 9.18 Å². The van der Waals surface area contributed by atoms with Gasteiger partial charge in [-0.05, 0) is 57.2 Å². The first-order chi connectivity index (χ1) is 11.1. The van der Waals surface area contributed by atoms with Crippen LogP contribution in [0.2, 0.25) is 5.02 Å². The second kappa shape index (κ2) is 6.97. The number of carbonyl (C=O) groups excluding carboxylic acids is 1. The molecule has 1 heterocycles. The molecular weight excluding hydrogens is 337 g/mol. The summed E-state index contributed by atoms with van der Waals surface area (Å²) in [6, 6.07) is 3.52. The van der Waals surface area contributed by atoms with Gasteiger partial charge in [-0.3, -0.25) is 4.90 Å². The van der Waals surface area contributed by atoms with E-state index in [2.05, 4.69) is 0 Å². The molecule has 24 heavy (non-hydrogen) atoms. The number of benzene rings is 1. The number of likely N-dealkylation sites (tertiary alicyclic amines) is 1. The Hall–Kier alpha value is -1.82. The zero-order chi connectivity index (χ0) is 18.1. The Kier molecular flexibility index (Phi) is 5.38. The van der Waals surface area contributed by atoms with E-state index in [4.69, 9.17) is 16.3 Å². The minimum Gasteiger partial charge on any atom is -0.480 e. The largest absolute Gasteiger partial charge is 0.480 e. The first kappa shape index (κ1) is 18.5. The number of hydrogen-bond acceptors (Lipinski definition) is 3. The van der Waals surface area contributed by atoms with E-state index < -0.39 is 29.5 Å². The van der Waals surface area contributed by atoms with Crippen LogP contribution in [0.1, 0.15) is 32.8 Å². The Bertz CT molecular complexity index is 644. The van der Waals surface area contributed by atoms with Crippen molar-refractivity contribution in [1.82, 2.24) is 4.90 Å². The van der Waals surface area contributed by atoms with Crippen LogP contribution in [0.25, 0.3) is 0 Å². The van der Waals surface area contributed by atoms with E-state index in [0.29, 0.717) is 12.8 Å². The summed E-state index contributed by atoms with van der Waals surface area (Å²) >= 11 is 5.78. The van der Waals surface area contributed by atoms with Crippen molar-refractivity contribution in [3.63, 3.8) is 0 Å². The summed E-state index contributed by atoms with van der Waals surface area (Å²) in [5.41, 5.74) is 0.115. The molecular formula is C17H21ClFNO4. The predicted octanol–water partition coefficient (Wildman–Crippen LogP) is 3.73. The second-order valence-corrected chi connectivity index (χ2v) is 7.45. The van der Waals surface area contributed by atoms with Crippen LogP contribution in [0.15, 0.2) is 18.2 Å². The van der Waals surface area contributed by atoms with Gasteiger partial charge in [0, 0.05) is 6.54 Å². The van der Waals surface area contributed by atoms with Crippen LogP contribution >= 0.6 is 11.6 Å². The van der Waals surface area contributed by atoms with Gasteiger partial charge in [0.05, 0.1) is 5.02 Å². The summed E-state index contributed by atoms with van der Waals surface area (Å²) in [6.07, 6.45) is 0.210. The third-order valence-corrected chi connectivity index (χ3v) is 4.10. The molecule has 0 bridgehead atoms. The molecule has 2 rings (SSSR count). The highest BCUT2D eigenvalue weighted by atomic mass is 35.5. The Morgan fingerprint density at radius 1 is 1.42 bits per heavy atom. The molecule has 0 aromatic heterocycles. The molecule has 1 N–H and O–H groups in total. The molecule has 1 unspecified atom stereocenters. The van der Waals surface area contributed by atoms with Gasteiger partial charge in [0.25, 0.3) is 0 Å². The molecule has 1 aliphatic rings. The fourth-order valence-corrected chi connectivity index (χ4v) is 3.03. The molecule has 1 aromatic rings. The lowest BCUT2D eigenvalue weighted by Gasteiger charge is -2.26. The lowest BCUT2D eigenvalue weighted by molar-refractivity contribution is -0.142. The normalized spacial score (nSPS) is 21.0. The molecule has 0 saturated carbocycles. The van der Waals surface area contributed by atoms with Crippen molar-refractivity contribution in [1.29, 1.82) is 0 Å². The summed E-state index contributed by atoms with van der Waals surface area (Å²) in [4.78, 5) is 25.0. The van der Waals surface area contributed by atoms with E-state index in [1.807, 2.05) is 0 Å². The summed E-state index contributed by atoms with van der Waals surface area (Å²) in [7, 11) is 0. The number of aliphatic carboxylic acids is 1. The van der Waals surface area contributed by atoms with E-state index in [0.717, 1.165) is 5.56 Å². The molecule has 1 amide bonds. The number of amides is 1. The van der Waals surface area contributed by atoms with Gasteiger partial charge in [-0.25, -0.2) is 14.0 Å². The van der Waals surface area contributed by atoms with E-state index in [1.165, 1.54) is 17.0 Å². The predicted molar refractivity (Wildman–Crippen MR) is 87.6 cm³/mol. The van der Waals surface area contributed by atoms with Crippen LogP contribution in [0.3, 0.4) is 0 Å². The highest BCUT2D eigenvalue weighted by Crippen LogP contribution is 2.29. The van der Waals surface area contributed by atoms with Gasteiger partial charge in [-0.1, -0.05) is 17.7 Å². The molecule has 5 nitrogen and oxygen atoms in total. The topological polar surface area (TPSA) is 66.8 Å². The number of carbonyl (C=O) groups is 2. The number of halogens is 2. The number of carboxylic acid groups (broad SMARTS) is 1. The maximum atomic E-state index is 13.2. The standard InChI is InChI=1S/C17H21ClFNO4/c1-17(2,3)24-16(23)20-9-11(8-14(20)15(21)22)6-10-4-5-13(19)12(18)7-10/h4-5,7,11,14H,6,8-9H2,1-3H3,(H,21,22)/t11?,14-/m0/s1. The Balaban J connectivity index is 2.10. The highest BCUT2D eigenvalue weighted by Gasteiger charge is 2.41. The van der Waals surface area contributed by atoms with E-state index in [9.17, 15) is 19.1 Å². The SMILES string of the molecule is CC(C)(C)OC(=O)N1CC(Cc2ccc(F)c(Cl)c2)C[C@H]1C(=O)O. The van der Waals surface area contributed by atoms with Gasteiger partial charge in [0.15, 0.2) is 0 Å². The Morgan fingerprint density at radius 3 is 2.62 bits per heavy atom. The molecule has 132 valence electrons. The fraction of sp³-hybridized carbons (Fsp3) is 0.529. The maximum absolute atomic E-state index is 13.2. The molecule has 2 atom stereocenters. The summed E-state index contributed by atoms with van der Waals surface area (Å²) in [5, 5.41) is 9.41. The zero-order valence-corrected chi connectivity index (χ0v) is 14.6. The second-order valence-electron chi connectivity index (χ2n) is 7.04. The van der Waals surface area contributed by atoms with Crippen molar-refractivity contribution < 1.29 is 23.8 Å². The van der Waals surface area contributed by atoms with E-state index in [-0.39, 0.29) is 17.5 Å². The molecule has 1 saturated heterocycles. The lowest BCUT2D eigenvalue weighted by atomic mass is 9.97. The molecule has 1 fully saturated rings. The third kappa shape index (κ3) is 4.60. The number of carboxylic acids is 1. The van der Waals surface area contributed by atoms with Crippen molar-refractivity contribution in [3.8, 4) is 0 Å². The number of ether oxygens (including phenoxy) is 1. The zero-order valence-electron chi connectivity index (χ0n) is 13.9. The quantitative estimate of drug-likeness (QED) is 0.895. The van der Waals surface area contributed by atoms with E-state index >= 15 is 0 Å². The Morgan fingerprint density at radius 2 is 2.08 bits per heavy atom. The van der Waals surface area contributed by atoms with Gasteiger partial charge in [0.2, 0.25) is 0 Å². The monoisotopic (exact) mass is 357 g/mol. The average Bonchev–Trinajstić information content (AvgIpc) is 2.85. The maximum Gasteiger partial charge on any atom is 0.411 e. The summed E-state index contributed by atoms with van der Waals surface area (Å²) in [6.45, 7) is 5.47. The van der Waals surface area contributed by atoms with Crippen molar-refractivity contribution in [3.05, 3.63) is 34.6 Å². The van der Waals surface area contributed by atoms with Crippen molar-refractivity contribution >= 4 is 23.7 Å². The minimum absolute atomic E-state index is 0.0317. The number of rotatable bonds is 3. The lowest BCUT2D eigenvalue weighted by Crippen LogP contribution is -2.43. The van der Waals surface area contributed by atoms with Gasteiger partial charge >= 0.3 is 12.1 Å². The molecule has 0 radical (unpaired) electrons. The van der Waals surface area contributed by atoms with Crippen LogP contribution in [0.5, 0.6) is 0 Å². The first-order valence-corrected chi connectivity index (χ1v) is 8.11. The Labute approximate surface area is 145 Å². The van der Waals surface area contributed by atoms with E-state index in [1.54, 1.807) is 26.8 Å². The summed E-state index contributed by atoms with van der Waals surface area (Å²) < 4.78 is 18.5. The summed E-state index contributed by atoms with van der Waals surface area (Å²) in [5.74, 6) is -1.61. The van der Waals surface area contributed by atoms with Crippen LogP contribution < -0.4 is 0 Å². The molecule has 1 aromatic carbocycles. The van der Waals surface area contributed by atoms with Gasteiger partial charge in [-0.15, -0.1) is 0 Å². The first-order valence-electron chi connectivity index (χ1n) is 7.73. The van der Waals surface area contributed by atoms with Crippen LogP contribution in [-0.4, -0.2) is 40.3 Å². The minimum atomic E-state index is -1.06. The molecule has 7 heteroatoms. The molecule has 0 spiro atoms.